The average molecular weight is 280 g/mol. The van der Waals surface area contributed by atoms with Crippen molar-refractivity contribution in [2.75, 3.05) is 21.3 Å². The highest BCUT2D eigenvalue weighted by Crippen LogP contribution is 2.40. The van der Waals surface area contributed by atoms with Crippen molar-refractivity contribution in [2.24, 2.45) is 5.92 Å². The summed E-state index contributed by atoms with van der Waals surface area (Å²) in [6.45, 7) is 2.28. The quantitative estimate of drug-likeness (QED) is 0.776. The Hall–Kier alpha value is -1.04. The first kappa shape index (κ1) is 15.4. The fourth-order valence-corrected chi connectivity index (χ4v) is 2.81. The first-order valence-electron chi connectivity index (χ1n) is 7.09. The number of hydrogen-bond acceptors (Lipinski definition) is 5. The van der Waals surface area contributed by atoms with E-state index in [0.717, 1.165) is 43.1 Å². The zero-order valence-corrected chi connectivity index (χ0v) is 12.8. The lowest BCUT2D eigenvalue weighted by Crippen LogP contribution is -2.35. The lowest BCUT2D eigenvalue weighted by molar-refractivity contribution is -0.110. The molecule has 20 heavy (non-hydrogen) atoms. The molecule has 0 amide bonds. The summed E-state index contributed by atoms with van der Waals surface area (Å²) in [4.78, 5) is 9.06. The van der Waals surface area contributed by atoms with Gasteiger partial charge in [-0.2, -0.15) is 0 Å². The Morgan fingerprint density at radius 2 is 1.85 bits per heavy atom. The first-order valence-corrected chi connectivity index (χ1v) is 7.09. The second kappa shape index (κ2) is 6.61. The van der Waals surface area contributed by atoms with Crippen LogP contribution in [0.2, 0.25) is 0 Å². The van der Waals surface area contributed by atoms with Crippen LogP contribution in [-0.2, 0) is 19.8 Å². The van der Waals surface area contributed by atoms with Crippen molar-refractivity contribution in [1.82, 2.24) is 9.97 Å². The van der Waals surface area contributed by atoms with E-state index in [2.05, 4.69) is 16.9 Å². The number of hydrogen-bond donors (Lipinski definition) is 0. The monoisotopic (exact) mass is 280 g/mol. The molecule has 1 aromatic rings. The van der Waals surface area contributed by atoms with Gasteiger partial charge in [-0.05, 0) is 37.7 Å². The highest BCUT2D eigenvalue weighted by atomic mass is 16.7. The van der Waals surface area contributed by atoms with Gasteiger partial charge in [-0.25, -0.2) is 9.97 Å². The van der Waals surface area contributed by atoms with Crippen molar-refractivity contribution in [3.63, 3.8) is 0 Å². The van der Waals surface area contributed by atoms with Crippen LogP contribution < -0.4 is 0 Å². The molecule has 1 saturated carbocycles. The van der Waals surface area contributed by atoms with Gasteiger partial charge in [-0.1, -0.05) is 6.92 Å². The Bertz CT molecular complexity index is 427. The minimum atomic E-state index is -0.465. The standard InChI is InChI=1S/C15H24N2O3/c1-11-5-8-15(20-4,9-6-11)14-16-10-7-12(17-14)13(18-2)19-3/h7,10-11,13H,5-6,8-9H2,1-4H3. The molecule has 0 unspecified atom stereocenters. The maximum Gasteiger partial charge on any atom is 0.200 e. The van der Waals surface area contributed by atoms with Crippen LogP contribution in [0.1, 0.15) is 50.4 Å². The van der Waals surface area contributed by atoms with Crippen LogP contribution in [0.25, 0.3) is 0 Å². The van der Waals surface area contributed by atoms with Gasteiger partial charge in [0, 0.05) is 27.5 Å². The van der Waals surface area contributed by atoms with Gasteiger partial charge < -0.3 is 14.2 Å². The van der Waals surface area contributed by atoms with E-state index in [1.807, 2.05) is 6.07 Å². The summed E-state index contributed by atoms with van der Waals surface area (Å²) < 4.78 is 16.3. The number of nitrogens with zero attached hydrogens (tertiary/aromatic N) is 2. The summed E-state index contributed by atoms with van der Waals surface area (Å²) in [7, 11) is 4.95. The Morgan fingerprint density at radius 1 is 1.20 bits per heavy atom. The molecule has 0 saturated heterocycles. The van der Waals surface area contributed by atoms with Crippen LogP contribution in [-0.4, -0.2) is 31.3 Å². The second-order valence-electron chi connectivity index (χ2n) is 5.49. The van der Waals surface area contributed by atoms with E-state index in [9.17, 15) is 0 Å². The summed E-state index contributed by atoms with van der Waals surface area (Å²) in [6.07, 6.45) is 5.48. The lowest BCUT2D eigenvalue weighted by Gasteiger charge is -2.37. The third kappa shape index (κ3) is 3.00. The van der Waals surface area contributed by atoms with E-state index in [1.54, 1.807) is 27.5 Å². The van der Waals surface area contributed by atoms with Crippen LogP contribution in [0.5, 0.6) is 0 Å². The smallest absolute Gasteiger partial charge is 0.200 e. The molecule has 1 fully saturated rings. The fourth-order valence-electron chi connectivity index (χ4n) is 2.81. The molecule has 112 valence electrons. The van der Waals surface area contributed by atoms with Crippen molar-refractivity contribution < 1.29 is 14.2 Å². The number of aromatic nitrogens is 2. The summed E-state index contributed by atoms with van der Waals surface area (Å²) in [6, 6.07) is 1.82. The van der Waals surface area contributed by atoms with Gasteiger partial charge in [0.1, 0.15) is 11.3 Å². The number of methoxy groups -OCH3 is 3. The normalized spacial score (nSPS) is 26.9. The molecule has 0 spiro atoms. The molecule has 0 bridgehead atoms. The highest BCUT2D eigenvalue weighted by molar-refractivity contribution is 5.11. The molecule has 1 aromatic heterocycles. The van der Waals surface area contributed by atoms with Crippen LogP contribution in [0, 0.1) is 5.92 Å². The average Bonchev–Trinajstić information content (AvgIpc) is 2.50. The Morgan fingerprint density at radius 3 is 2.40 bits per heavy atom. The van der Waals surface area contributed by atoms with E-state index < -0.39 is 6.29 Å². The van der Waals surface area contributed by atoms with Gasteiger partial charge in [-0.15, -0.1) is 0 Å². The highest BCUT2D eigenvalue weighted by Gasteiger charge is 2.38. The molecule has 5 heteroatoms. The molecule has 0 N–H and O–H groups in total. The predicted octanol–water partition coefficient (Wildman–Crippen LogP) is 2.82. The van der Waals surface area contributed by atoms with E-state index in [0.29, 0.717) is 0 Å². The molecule has 0 radical (unpaired) electrons. The molecule has 0 aliphatic heterocycles. The topological polar surface area (TPSA) is 53.5 Å². The van der Waals surface area contributed by atoms with Gasteiger partial charge in [0.25, 0.3) is 0 Å². The molecule has 0 aromatic carbocycles. The summed E-state index contributed by atoms with van der Waals surface area (Å²) in [5.41, 5.74) is 0.365. The predicted molar refractivity (Wildman–Crippen MR) is 75.1 cm³/mol. The van der Waals surface area contributed by atoms with E-state index >= 15 is 0 Å². The minimum Gasteiger partial charge on any atom is -0.370 e. The molecule has 0 atom stereocenters. The molecule has 5 nitrogen and oxygen atoms in total. The van der Waals surface area contributed by atoms with Gasteiger partial charge in [0.2, 0.25) is 6.29 Å². The van der Waals surface area contributed by atoms with Gasteiger partial charge in [0.15, 0.2) is 5.82 Å². The van der Waals surface area contributed by atoms with Crippen molar-refractivity contribution in [1.29, 1.82) is 0 Å². The van der Waals surface area contributed by atoms with E-state index in [-0.39, 0.29) is 5.60 Å². The van der Waals surface area contributed by atoms with Crippen LogP contribution >= 0.6 is 0 Å². The van der Waals surface area contributed by atoms with Gasteiger partial charge in [0.05, 0.1) is 0 Å². The zero-order chi connectivity index (χ0) is 14.6. The third-order valence-electron chi connectivity index (χ3n) is 4.23. The van der Waals surface area contributed by atoms with Crippen molar-refractivity contribution in [2.45, 2.75) is 44.5 Å². The Labute approximate surface area is 120 Å². The van der Waals surface area contributed by atoms with Crippen LogP contribution in [0.4, 0.5) is 0 Å². The Kier molecular flexibility index (Phi) is 5.07. The van der Waals surface area contributed by atoms with Gasteiger partial charge in [-0.3, -0.25) is 0 Å². The number of rotatable bonds is 5. The van der Waals surface area contributed by atoms with Crippen LogP contribution in [0.15, 0.2) is 12.3 Å². The van der Waals surface area contributed by atoms with Crippen molar-refractivity contribution in [3.05, 3.63) is 23.8 Å². The molecule has 1 heterocycles. The van der Waals surface area contributed by atoms with Crippen molar-refractivity contribution >= 4 is 0 Å². The fraction of sp³-hybridized carbons (Fsp3) is 0.733. The van der Waals surface area contributed by atoms with E-state index in [4.69, 9.17) is 14.2 Å². The molecular weight excluding hydrogens is 256 g/mol. The molecule has 1 aliphatic carbocycles. The summed E-state index contributed by atoms with van der Waals surface area (Å²) in [5, 5.41) is 0. The first-order chi connectivity index (χ1) is 9.65. The van der Waals surface area contributed by atoms with Gasteiger partial charge >= 0.3 is 0 Å². The SMILES string of the molecule is COC(OC)c1ccnc(C2(OC)CCC(C)CC2)n1. The van der Waals surface area contributed by atoms with E-state index in [1.165, 1.54) is 0 Å². The lowest BCUT2D eigenvalue weighted by atomic mass is 9.79. The number of ether oxygens (including phenoxy) is 3. The third-order valence-corrected chi connectivity index (χ3v) is 4.23. The summed E-state index contributed by atoms with van der Waals surface area (Å²) in [5.74, 6) is 1.48. The largest absolute Gasteiger partial charge is 0.370 e. The Balaban J connectivity index is 2.28. The maximum absolute atomic E-state index is 5.81. The zero-order valence-electron chi connectivity index (χ0n) is 12.8. The summed E-state index contributed by atoms with van der Waals surface area (Å²) >= 11 is 0. The second-order valence-corrected chi connectivity index (χ2v) is 5.49. The van der Waals surface area contributed by atoms with Crippen molar-refractivity contribution in [3.8, 4) is 0 Å². The molecule has 2 rings (SSSR count). The molecule has 1 aliphatic rings. The maximum atomic E-state index is 5.81. The minimum absolute atomic E-state index is 0.367. The van der Waals surface area contributed by atoms with Crippen LogP contribution in [0.3, 0.4) is 0 Å². The molecular formula is C15H24N2O3.